The lowest BCUT2D eigenvalue weighted by molar-refractivity contribution is -0.116. The summed E-state index contributed by atoms with van der Waals surface area (Å²) in [4.78, 5) is 16.6. The number of amides is 1. The number of aryl methyl sites for hydroxylation is 1. The van der Waals surface area contributed by atoms with Crippen molar-refractivity contribution in [2.24, 2.45) is 0 Å². The van der Waals surface area contributed by atoms with Gasteiger partial charge in [0.1, 0.15) is 0 Å². The summed E-state index contributed by atoms with van der Waals surface area (Å²) in [5.41, 5.74) is 3.35. The molecule has 0 aliphatic carbocycles. The first-order chi connectivity index (χ1) is 12.7. The van der Waals surface area contributed by atoms with Crippen LogP contribution in [0.1, 0.15) is 77.2 Å². The maximum absolute atomic E-state index is 12.1. The Hall–Kier alpha value is -1.68. The second-order valence-electron chi connectivity index (χ2n) is 6.86. The molecule has 26 heavy (non-hydrogen) atoms. The predicted molar refractivity (Wildman–Crippen MR) is 113 cm³/mol. The van der Waals surface area contributed by atoms with Crippen LogP contribution in [0.15, 0.2) is 29.6 Å². The lowest BCUT2D eigenvalue weighted by atomic mass is 10.1. The molecule has 142 valence electrons. The second kappa shape index (κ2) is 11.8. The van der Waals surface area contributed by atoms with E-state index in [4.69, 9.17) is 0 Å². The Kier molecular flexibility index (Phi) is 9.40. The first-order valence-corrected chi connectivity index (χ1v) is 11.0. The van der Waals surface area contributed by atoms with E-state index >= 15 is 0 Å². The third-order valence-electron chi connectivity index (χ3n) is 4.67. The zero-order valence-corrected chi connectivity index (χ0v) is 17.0. The molecule has 0 spiro atoms. The number of benzene rings is 1. The molecule has 3 nitrogen and oxygen atoms in total. The number of nitrogens with one attached hydrogen (secondary N) is 1. The summed E-state index contributed by atoms with van der Waals surface area (Å²) in [6.45, 7) is 4.39. The SMILES string of the molecule is CCCCCCCCCCC(=O)Nc1nc(-c2ccc(CC)cc2)cs1. The van der Waals surface area contributed by atoms with E-state index in [0.717, 1.165) is 30.5 Å². The number of carbonyl (C=O) groups is 1. The maximum Gasteiger partial charge on any atom is 0.226 e. The molecule has 0 aliphatic rings. The van der Waals surface area contributed by atoms with Crippen LogP contribution in [0.25, 0.3) is 11.3 Å². The summed E-state index contributed by atoms with van der Waals surface area (Å²) in [7, 11) is 0. The topological polar surface area (TPSA) is 42.0 Å². The van der Waals surface area contributed by atoms with E-state index in [1.807, 2.05) is 5.38 Å². The minimum Gasteiger partial charge on any atom is -0.302 e. The van der Waals surface area contributed by atoms with Crippen LogP contribution in [0.4, 0.5) is 5.13 Å². The number of rotatable bonds is 12. The molecule has 0 fully saturated rings. The van der Waals surface area contributed by atoms with Crippen LogP contribution in [0.3, 0.4) is 0 Å². The highest BCUT2D eigenvalue weighted by Gasteiger charge is 2.08. The summed E-state index contributed by atoms with van der Waals surface area (Å²) in [6.07, 6.45) is 11.6. The van der Waals surface area contributed by atoms with Gasteiger partial charge in [-0.1, -0.05) is 83.1 Å². The van der Waals surface area contributed by atoms with Crippen LogP contribution in [0.5, 0.6) is 0 Å². The van der Waals surface area contributed by atoms with Gasteiger partial charge in [0.2, 0.25) is 5.91 Å². The summed E-state index contributed by atoms with van der Waals surface area (Å²) < 4.78 is 0. The molecule has 0 atom stereocenters. The van der Waals surface area contributed by atoms with Crippen molar-refractivity contribution in [2.75, 3.05) is 5.32 Å². The minimum absolute atomic E-state index is 0.0817. The standard InChI is InChI=1S/C22H32N2OS/c1-3-5-6-7-8-9-10-11-12-21(25)24-22-23-20(17-26-22)19-15-13-18(4-2)14-16-19/h13-17H,3-12H2,1-2H3,(H,23,24,25). The molecule has 0 radical (unpaired) electrons. The fraction of sp³-hybridized carbons (Fsp3) is 0.545. The van der Waals surface area contributed by atoms with E-state index in [9.17, 15) is 4.79 Å². The van der Waals surface area contributed by atoms with E-state index in [1.165, 1.54) is 55.4 Å². The third kappa shape index (κ3) is 7.28. The van der Waals surface area contributed by atoms with E-state index in [-0.39, 0.29) is 5.91 Å². The van der Waals surface area contributed by atoms with E-state index < -0.39 is 0 Å². The van der Waals surface area contributed by atoms with Crippen LogP contribution in [0, 0.1) is 0 Å². The zero-order chi connectivity index (χ0) is 18.6. The molecule has 0 bridgehead atoms. The molecular weight excluding hydrogens is 340 g/mol. The molecule has 1 aromatic heterocycles. The maximum atomic E-state index is 12.1. The van der Waals surface area contributed by atoms with Crippen molar-refractivity contribution in [1.82, 2.24) is 4.98 Å². The average molecular weight is 373 g/mol. The Bertz CT molecular complexity index is 648. The number of hydrogen-bond donors (Lipinski definition) is 1. The molecule has 0 aliphatic heterocycles. The van der Waals surface area contributed by atoms with Crippen molar-refractivity contribution in [3.8, 4) is 11.3 Å². The van der Waals surface area contributed by atoms with Gasteiger partial charge in [-0.3, -0.25) is 4.79 Å². The Morgan fingerprint density at radius 1 is 0.962 bits per heavy atom. The first kappa shape index (κ1) is 20.6. The number of carbonyl (C=O) groups excluding carboxylic acids is 1. The second-order valence-corrected chi connectivity index (χ2v) is 7.72. The van der Waals surface area contributed by atoms with Gasteiger partial charge in [-0.05, 0) is 18.4 Å². The number of aromatic nitrogens is 1. The third-order valence-corrected chi connectivity index (χ3v) is 5.42. The van der Waals surface area contributed by atoms with Crippen molar-refractivity contribution in [3.63, 3.8) is 0 Å². The highest BCUT2D eigenvalue weighted by atomic mass is 32.1. The number of unbranched alkanes of at least 4 members (excludes halogenated alkanes) is 7. The van der Waals surface area contributed by atoms with Crippen LogP contribution in [0.2, 0.25) is 0 Å². The fourth-order valence-corrected chi connectivity index (χ4v) is 3.71. The Morgan fingerprint density at radius 3 is 2.27 bits per heavy atom. The largest absolute Gasteiger partial charge is 0.302 e. The normalized spacial score (nSPS) is 10.8. The van der Waals surface area contributed by atoms with E-state index in [1.54, 1.807) is 0 Å². The number of nitrogens with zero attached hydrogens (tertiary/aromatic N) is 1. The Labute approximate surface area is 162 Å². The van der Waals surface area contributed by atoms with Crippen molar-refractivity contribution >= 4 is 22.4 Å². The summed E-state index contributed by atoms with van der Waals surface area (Å²) in [6, 6.07) is 8.46. The van der Waals surface area contributed by atoms with Gasteiger partial charge in [-0.15, -0.1) is 11.3 Å². The van der Waals surface area contributed by atoms with Crippen LogP contribution in [-0.4, -0.2) is 10.9 Å². The molecule has 0 saturated carbocycles. The number of thiazole rings is 1. The highest BCUT2D eigenvalue weighted by molar-refractivity contribution is 7.14. The first-order valence-electron chi connectivity index (χ1n) is 10.1. The van der Waals surface area contributed by atoms with Gasteiger partial charge in [0, 0.05) is 17.4 Å². The zero-order valence-electron chi connectivity index (χ0n) is 16.2. The quantitative estimate of drug-likeness (QED) is 0.414. The molecular formula is C22H32N2OS. The molecule has 2 aromatic rings. The van der Waals surface area contributed by atoms with Gasteiger partial charge in [0.15, 0.2) is 5.13 Å². The van der Waals surface area contributed by atoms with Gasteiger partial charge >= 0.3 is 0 Å². The summed E-state index contributed by atoms with van der Waals surface area (Å²) in [5.74, 6) is 0.0817. The molecule has 1 amide bonds. The monoisotopic (exact) mass is 372 g/mol. The van der Waals surface area contributed by atoms with Gasteiger partial charge in [-0.25, -0.2) is 4.98 Å². The van der Waals surface area contributed by atoms with Gasteiger partial charge in [0.05, 0.1) is 5.69 Å². The smallest absolute Gasteiger partial charge is 0.226 e. The lowest BCUT2D eigenvalue weighted by Gasteiger charge is -2.03. The van der Waals surface area contributed by atoms with Crippen molar-refractivity contribution < 1.29 is 4.79 Å². The molecule has 0 saturated heterocycles. The van der Waals surface area contributed by atoms with Crippen LogP contribution in [-0.2, 0) is 11.2 Å². The molecule has 1 heterocycles. The van der Waals surface area contributed by atoms with E-state index in [2.05, 4.69) is 48.4 Å². The molecule has 1 N–H and O–H groups in total. The summed E-state index contributed by atoms with van der Waals surface area (Å²) in [5, 5.41) is 5.65. The fourth-order valence-electron chi connectivity index (χ4n) is 2.98. The number of anilines is 1. The minimum atomic E-state index is 0.0817. The van der Waals surface area contributed by atoms with Crippen molar-refractivity contribution in [3.05, 3.63) is 35.2 Å². The molecule has 2 rings (SSSR count). The molecule has 1 aromatic carbocycles. The van der Waals surface area contributed by atoms with Crippen LogP contribution >= 0.6 is 11.3 Å². The Balaban J connectivity index is 1.67. The highest BCUT2D eigenvalue weighted by Crippen LogP contribution is 2.25. The predicted octanol–water partition coefficient (Wildman–Crippen LogP) is 6.84. The van der Waals surface area contributed by atoms with E-state index in [0.29, 0.717) is 11.6 Å². The Morgan fingerprint density at radius 2 is 1.62 bits per heavy atom. The van der Waals surface area contributed by atoms with Crippen LogP contribution < -0.4 is 5.32 Å². The lowest BCUT2D eigenvalue weighted by Crippen LogP contribution is -2.10. The van der Waals surface area contributed by atoms with Gasteiger partial charge in [-0.2, -0.15) is 0 Å². The van der Waals surface area contributed by atoms with Gasteiger partial charge in [0.25, 0.3) is 0 Å². The van der Waals surface area contributed by atoms with Crippen molar-refractivity contribution in [2.45, 2.75) is 78.1 Å². The molecule has 0 unspecified atom stereocenters. The number of hydrogen-bond acceptors (Lipinski definition) is 3. The molecule has 4 heteroatoms. The average Bonchev–Trinajstić information content (AvgIpc) is 3.12. The van der Waals surface area contributed by atoms with Crippen molar-refractivity contribution in [1.29, 1.82) is 0 Å². The summed E-state index contributed by atoms with van der Waals surface area (Å²) >= 11 is 1.49. The van der Waals surface area contributed by atoms with Gasteiger partial charge < -0.3 is 5.32 Å².